The highest BCUT2D eigenvalue weighted by Gasteiger charge is 2.07. The van der Waals surface area contributed by atoms with Crippen LogP contribution in [-0.2, 0) is 0 Å². The molecular weight excluding hydrogens is 243 g/mol. The van der Waals surface area contributed by atoms with Crippen LogP contribution in [0.5, 0.6) is 5.75 Å². The third-order valence-electron chi connectivity index (χ3n) is 2.53. The van der Waals surface area contributed by atoms with Gasteiger partial charge in [0.05, 0.1) is 23.2 Å². The number of hydrogen-bond acceptors (Lipinski definition) is 3. The van der Waals surface area contributed by atoms with Gasteiger partial charge in [-0.3, -0.25) is 0 Å². The molecule has 0 aliphatic carbocycles. The van der Waals surface area contributed by atoms with E-state index in [1.54, 1.807) is 0 Å². The van der Waals surface area contributed by atoms with Gasteiger partial charge in [0, 0.05) is 0 Å². The van der Waals surface area contributed by atoms with Gasteiger partial charge < -0.3 is 15.8 Å². The summed E-state index contributed by atoms with van der Waals surface area (Å²) in [4.78, 5) is 0. The van der Waals surface area contributed by atoms with E-state index in [0.29, 0.717) is 17.1 Å². The lowest BCUT2D eigenvalue weighted by Crippen LogP contribution is -2.07. The van der Waals surface area contributed by atoms with E-state index in [0.717, 1.165) is 5.69 Å². The minimum atomic E-state index is -0.334. The second kappa shape index (κ2) is 5.61. The van der Waals surface area contributed by atoms with Crippen molar-refractivity contribution in [3.8, 4) is 5.75 Å². The molecule has 0 aromatic heterocycles. The topological polar surface area (TPSA) is 47.3 Å². The molecule has 0 atom stereocenters. The van der Waals surface area contributed by atoms with Crippen molar-refractivity contribution in [1.29, 1.82) is 0 Å². The molecule has 0 spiro atoms. The molecule has 0 unspecified atom stereocenters. The zero-order valence-corrected chi connectivity index (χ0v) is 11.0. The van der Waals surface area contributed by atoms with Crippen LogP contribution in [0.25, 0.3) is 0 Å². The molecule has 0 aliphatic rings. The summed E-state index contributed by atoms with van der Waals surface area (Å²) >= 11 is 0. The summed E-state index contributed by atoms with van der Waals surface area (Å²) in [5.41, 5.74) is 7.59. The molecule has 0 fully saturated rings. The highest BCUT2D eigenvalue weighted by atomic mass is 19.1. The lowest BCUT2D eigenvalue weighted by Gasteiger charge is -2.16. The molecule has 3 nitrogen and oxygen atoms in total. The van der Waals surface area contributed by atoms with Crippen molar-refractivity contribution in [2.24, 2.45) is 0 Å². The predicted octanol–water partition coefficient (Wildman–Crippen LogP) is 3.94. The first-order valence-electron chi connectivity index (χ1n) is 6.14. The van der Waals surface area contributed by atoms with Crippen LogP contribution in [0.1, 0.15) is 13.8 Å². The average Bonchev–Trinajstić information content (AvgIpc) is 2.35. The fourth-order valence-corrected chi connectivity index (χ4v) is 1.71. The Balaban J connectivity index is 2.30. The van der Waals surface area contributed by atoms with Crippen molar-refractivity contribution in [1.82, 2.24) is 0 Å². The van der Waals surface area contributed by atoms with Gasteiger partial charge in [-0.15, -0.1) is 0 Å². The number of benzene rings is 2. The van der Waals surface area contributed by atoms with Crippen LogP contribution in [-0.4, -0.2) is 6.10 Å². The molecule has 0 radical (unpaired) electrons. The molecule has 100 valence electrons. The van der Waals surface area contributed by atoms with E-state index in [9.17, 15) is 4.39 Å². The lowest BCUT2D eigenvalue weighted by molar-refractivity contribution is 0.244. The Morgan fingerprint density at radius 1 is 1.11 bits per heavy atom. The maximum atomic E-state index is 13.2. The maximum Gasteiger partial charge on any atom is 0.143 e. The fraction of sp³-hybridized carbons (Fsp3) is 0.200. The Bertz CT molecular complexity index is 570. The molecule has 0 aliphatic heterocycles. The molecule has 0 saturated carbocycles. The fourth-order valence-electron chi connectivity index (χ4n) is 1.71. The van der Waals surface area contributed by atoms with Crippen molar-refractivity contribution in [2.45, 2.75) is 20.0 Å². The first-order valence-corrected chi connectivity index (χ1v) is 6.14. The van der Waals surface area contributed by atoms with Crippen LogP contribution in [0.4, 0.5) is 21.5 Å². The van der Waals surface area contributed by atoms with Gasteiger partial charge in [-0.2, -0.15) is 0 Å². The van der Waals surface area contributed by atoms with E-state index in [-0.39, 0.29) is 11.9 Å². The van der Waals surface area contributed by atoms with E-state index in [1.165, 1.54) is 18.2 Å². The summed E-state index contributed by atoms with van der Waals surface area (Å²) in [5.74, 6) is 0.375. The van der Waals surface area contributed by atoms with Gasteiger partial charge in [-0.05, 0) is 44.2 Å². The third kappa shape index (κ3) is 3.37. The molecule has 2 aromatic carbocycles. The van der Waals surface area contributed by atoms with Crippen LogP contribution in [0, 0.1) is 5.82 Å². The summed E-state index contributed by atoms with van der Waals surface area (Å²) in [6, 6.07) is 11.7. The zero-order chi connectivity index (χ0) is 13.8. The molecule has 3 N–H and O–H groups in total. The smallest absolute Gasteiger partial charge is 0.143 e. The van der Waals surface area contributed by atoms with Gasteiger partial charge in [0.2, 0.25) is 0 Å². The van der Waals surface area contributed by atoms with Gasteiger partial charge >= 0.3 is 0 Å². The maximum absolute atomic E-state index is 13.2. The summed E-state index contributed by atoms with van der Waals surface area (Å²) < 4.78 is 18.9. The number of nitrogens with two attached hydrogens (primary N) is 1. The minimum absolute atomic E-state index is 0.0628. The Kier molecular flexibility index (Phi) is 3.90. The lowest BCUT2D eigenvalue weighted by atomic mass is 10.2. The number of halogens is 1. The molecule has 0 heterocycles. The summed E-state index contributed by atoms with van der Waals surface area (Å²) in [5, 5.41) is 3.10. The van der Waals surface area contributed by atoms with Crippen LogP contribution >= 0.6 is 0 Å². The molecule has 0 bridgehead atoms. The van der Waals surface area contributed by atoms with Crippen molar-refractivity contribution in [2.75, 3.05) is 11.1 Å². The summed E-state index contributed by atoms with van der Waals surface area (Å²) in [7, 11) is 0. The molecule has 19 heavy (non-hydrogen) atoms. The molecule has 2 aromatic rings. The van der Waals surface area contributed by atoms with Crippen LogP contribution in [0.2, 0.25) is 0 Å². The first-order chi connectivity index (χ1) is 9.06. The molecule has 0 amide bonds. The Morgan fingerprint density at radius 3 is 2.58 bits per heavy atom. The van der Waals surface area contributed by atoms with Gasteiger partial charge in [0.1, 0.15) is 11.6 Å². The normalized spacial score (nSPS) is 10.5. The Hall–Kier alpha value is -2.23. The number of para-hydroxylation sites is 2. The number of hydrogen-bond donors (Lipinski definition) is 2. The van der Waals surface area contributed by atoms with Crippen LogP contribution in [0.15, 0.2) is 42.5 Å². The minimum Gasteiger partial charge on any atom is -0.489 e. The second-order valence-electron chi connectivity index (χ2n) is 4.52. The predicted molar refractivity (Wildman–Crippen MR) is 76.3 cm³/mol. The summed E-state index contributed by atoms with van der Waals surface area (Å²) in [6.45, 7) is 3.90. The van der Waals surface area contributed by atoms with Crippen LogP contribution in [0.3, 0.4) is 0 Å². The van der Waals surface area contributed by atoms with E-state index >= 15 is 0 Å². The van der Waals surface area contributed by atoms with Gasteiger partial charge in [0.15, 0.2) is 0 Å². The molecule has 0 saturated heterocycles. The van der Waals surface area contributed by atoms with E-state index in [4.69, 9.17) is 10.5 Å². The Labute approximate surface area is 112 Å². The second-order valence-corrected chi connectivity index (χ2v) is 4.52. The quantitative estimate of drug-likeness (QED) is 0.818. The van der Waals surface area contributed by atoms with E-state index in [1.807, 2.05) is 38.1 Å². The number of nitrogen functional groups attached to an aromatic ring is 1. The Morgan fingerprint density at radius 2 is 1.84 bits per heavy atom. The summed E-state index contributed by atoms with van der Waals surface area (Å²) in [6.07, 6.45) is 0.0628. The first kappa shape index (κ1) is 13.2. The van der Waals surface area contributed by atoms with E-state index in [2.05, 4.69) is 5.32 Å². The molecule has 2 rings (SSSR count). The molecule has 4 heteroatoms. The molecular formula is C15H17FN2O. The average molecular weight is 260 g/mol. The van der Waals surface area contributed by atoms with Gasteiger partial charge in [-0.25, -0.2) is 4.39 Å². The van der Waals surface area contributed by atoms with Crippen molar-refractivity contribution in [3.63, 3.8) is 0 Å². The number of ether oxygens (including phenoxy) is 1. The van der Waals surface area contributed by atoms with Crippen LogP contribution < -0.4 is 15.8 Å². The monoisotopic (exact) mass is 260 g/mol. The number of anilines is 3. The SMILES string of the molecule is CC(C)Oc1ccccc1Nc1cc(F)ccc1N. The number of nitrogens with one attached hydrogen (secondary N) is 1. The highest BCUT2D eigenvalue weighted by Crippen LogP contribution is 2.30. The van der Waals surface area contributed by atoms with Gasteiger partial charge in [0.25, 0.3) is 0 Å². The number of rotatable bonds is 4. The van der Waals surface area contributed by atoms with Gasteiger partial charge in [-0.1, -0.05) is 12.1 Å². The van der Waals surface area contributed by atoms with Crippen molar-refractivity contribution < 1.29 is 9.13 Å². The zero-order valence-electron chi connectivity index (χ0n) is 11.0. The van der Waals surface area contributed by atoms with Crippen molar-refractivity contribution >= 4 is 17.1 Å². The third-order valence-corrected chi connectivity index (χ3v) is 2.53. The van der Waals surface area contributed by atoms with Crippen molar-refractivity contribution in [3.05, 3.63) is 48.3 Å². The highest BCUT2D eigenvalue weighted by molar-refractivity contribution is 5.75. The largest absolute Gasteiger partial charge is 0.489 e. The van der Waals surface area contributed by atoms with E-state index < -0.39 is 0 Å². The standard InChI is InChI=1S/C15H17FN2O/c1-10(2)19-15-6-4-3-5-13(15)18-14-9-11(16)7-8-12(14)17/h3-10,18H,17H2,1-2H3.